The fourth-order valence-corrected chi connectivity index (χ4v) is 1.03. The zero-order valence-corrected chi connectivity index (χ0v) is 8.06. The van der Waals surface area contributed by atoms with Crippen molar-refractivity contribution in [1.29, 1.82) is 0 Å². The van der Waals surface area contributed by atoms with E-state index >= 15 is 0 Å². The van der Waals surface area contributed by atoms with Gasteiger partial charge in [-0.25, -0.2) is 0 Å². The van der Waals surface area contributed by atoms with Crippen LogP contribution in [-0.2, 0) is 0 Å². The molecule has 68 valence electrons. The van der Waals surface area contributed by atoms with Crippen LogP contribution in [0.1, 0.15) is 5.56 Å². The summed E-state index contributed by atoms with van der Waals surface area (Å²) in [5.41, 5.74) is 5.96. The van der Waals surface area contributed by atoms with E-state index in [-0.39, 0.29) is 11.5 Å². The first-order valence-corrected chi connectivity index (χ1v) is 4.05. The highest BCUT2D eigenvalue weighted by Crippen LogP contribution is 2.12. The highest BCUT2D eigenvalue weighted by molar-refractivity contribution is 9.08. The molecule has 2 N–H and O–H groups in total. The molecule has 0 saturated carbocycles. The van der Waals surface area contributed by atoms with E-state index in [1.54, 1.807) is 12.1 Å². The summed E-state index contributed by atoms with van der Waals surface area (Å²) in [6.45, 7) is 0. The third-order valence-electron chi connectivity index (χ3n) is 1.44. The molecule has 0 spiro atoms. The number of halogens is 1. The summed E-state index contributed by atoms with van der Waals surface area (Å²) in [5.74, 6) is 0.212. The number of non-ortho nitro benzene ring substituents is 1. The average Bonchev–Trinajstić information content (AvgIpc) is 2.17. The van der Waals surface area contributed by atoms with E-state index in [1.807, 2.05) is 0 Å². The van der Waals surface area contributed by atoms with Crippen molar-refractivity contribution in [3.05, 3.63) is 39.9 Å². The van der Waals surface area contributed by atoms with Crippen LogP contribution in [0, 0.1) is 10.1 Å². The number of amidine groups is 1. The van der Waals surface area contributed by atoms with Gasteiger partial charge >= 0.3 is 0 Å². The number of hydrogen-bond acceptors (Lipinski definition) is 3. The van der Waals surface area contributed by atoms with Crippen LogP contribution in [0.2, 0.25) is 0 Å². The van der Waals surface area contributed by atoms with Gasteiger partial charge < -0.3 is 5.73 Å². The lowest BCUT2D eigenvalue weighted by molar-refractivity contribution is -0.384. The maximum Gasteiger partial charge on any atom is 0.270 e. The highest BCUT2D eigenvalue weighted by atomic mass is 79.9. The minimum absolute atomic E-state index is 0.00315. The van der Waals surface area contributed by atoms with Gasteiger partial charge in [-0.3, -0.25) is 10.1 Å². The molecule has 1 aromatic rings. The van der Waals surface area contributed by atoms with Crippen molar-refractivity contribution in [3.63, 3.8) is 0 Å². The Labute approximate surface area is 82.8 Å². The lowest BCUT2D eigenvalue weighted by Crippen LogP contribution is -2.11. The molecule has 0 amide bonds. The Morgan fingerprint density at radius 1 is 1.62 bits per heavy atom. The number of nitro benzene ring substituents is 1. The molecule has 0 atom stereocenters. The van der Waals surface area contributed by atoms with E-state index in [9.17, 15) is 10.1 Å². The molecule has 0 unspecified atom stereocenters. The summed E-state index contributed by atoms with van der Waals surface area (Å²) < 4.78 is 3.54. The molecular formula is C7H6BrN3O2. The predicted octanol–water partition coefficient (Wildman–Crippen LogP) is 1.61. The number of hydrogen-bond donors (Lipinski definition) is 1. The number of benzene rings is 1. The highest BCUT2D eigenvalue weighted by Gasteiger charge is 2.06. The van der Waals surface area contributed by atoms with E-state index in [4.69, 9.17) is 5.73 Å². The molecule has 13 heavy (non-hydrogen) atoms. The van der Waals surface area contributed by atoms with Crippen molar-refractivity contribution in [2.24, 2.45) is 9.75 Å². The van der Waals surface area contributed by atoms with E-state index in [0.717, 1.165) is 0 Å². The average molecular weight is 244 g/mol. The normalized spacial score (nSPS) is 11.3. The zero-order valence-electron chi connectivity index (χ0n) is 6.48. The van der Waals surface area contributed by atoms with Crippen LogP contribution in [0.15, 0.2) is 28.3 Å². The molecule has 1 aromatic carbocycles. The molecule has 1 rings (SSSR count). The van der Waals surface area contributed by atoms with Gasteiger partial charge in [0.25, 0.3) is 5.69 Å². The van der Waals surface area contributed by atoms with Crippen LogP contribution >= 0.6 is 16.1 Å². The van der Waals surface area contributed by atoms with Crippen molar-refractivity contribution in [2.75, 3.05) is 0 Å². The molecule has 0 aromatic heterocycles. The van der Waals surface area contributed by atoms with Gasteiger partial charge in [-0.15, -0.1) is 0 Å². The van der Waals surface area contributed by atoms with Crippen LogP contribution < -0.4 is 5.73 Å². The van der Waals surface area contributed by atoms with Gasteiger partial charge in [0.2, 0.25) is 0 Å². The SMILES string of the molecule is N/C(=N\Br)c1cccc([N+](=O)[O-])c1. The second-order valence-corrected chi connectivity index (χ2v) is 2.63. The van der Waals surface area contributed by atoms with E-state index in [0.29, 0.717) is 5.56 Å². The van der Waals surface area contributed by atoms with Crippen LogP contribution in [0.5, 0.6) is 0 Å². The summed E-state index contributed by atoms with van der Waals surface area (Å²) in [6, 6.07) is 5.96. The Bertz CT molecular complexity index is 365. The van der Waals surface area contributed by atoms with Gasteiger partial charge in [0.1, 0.15) is 5.84 Å². The van der Waals surface area contributed by atoms with E-state index in [1.165, 1.54) is 12.1 Å². The van der Waals surface area contributed by atoms with Gasteiger partial charge in [-0.2, -0.15) is 4.02 Å². The monoisotopic (exact) mass is 243 g/mol. The molecule has 0 fully saturated rings. The summed E-state index contributed by atoms with van der Waals surface area (Å²) in [6.07, 6.45) is 0. The predicted molar refractivity (Wildman–Crippen MR) is 52.7 cm³/mol. The van der Waals surface area contributed by atoms with Crippen LogP contribution in [0.25, 0.3) is 0 Å². The first-order chi connectivity index (χ1) is 6.15. The number of nitro groups is 1. The summed E-state index contributed by atoms with van der Waals surface area (Å²) in [5, 5.41) is 10.4. The largest absolute Gasteiger partial charge is 0.383 e. The van der Waals surface area contributed by atoms with Gasteiger partial charge in [0.15, 0.2) is 0 Å². The van der Waals surface area contributed by atoms with Gasteiger partial charge in [0, 0.05) is 17.7 Å². The fourth-order valence-electron chi connectivity index (χ4n) is 0.828. The molecule has 0 radical (unpaired) electrons. The van der Waals surface area contributed by atoms with Crippen molar-refractivity contribution in [3.8, 4) is 0 Å². The third-order valence-corrected chi connectivity index (χ3v) is 1.83. The minimum Gasteiger partial charge on any atom is -0.383 e. The molecule has 0 bridgehead atoms. The summed E-state index contributed by atoms with van der Waals surface area (Å²) in [4.78, 5) is 9.90. The molecule has 6 heteroatoms. The Hall–Kier alpha value is -1.43. The Kier molecular flexibility index (Phi) is 2.97. The van der Waals surface area contributed by atoms with Gasteiger partial charge in [-0.1, -0.05) is 12.1 Å². The maximum atomic E-state index is 10.4. The molecule has 0 aliphatic rings. The fraction of sp³-hybridized carbons (Fsp3) is 0. The lowest BCUT2D eigenvalue weighted by Gasteiger charge is -1.97. The first kappa shape index (κ1) is 9.66. The van der Waals surface area contributed by atoms with Crippen molar-refractivity contribution >= 4 is 27.7 Å². The van der Waals surface area contributed by atoms with Crippen LogP contribution in [0.4, 0.5) is 5.69 Å². The maximum absolute atomic E-state index is 10.4. The molecule has 0 aliphatic carbocycles. The Balaban J connectivity index is 3.13. The molecular weight excluding hydrogens is 238 g/mol. The molecule has 5 nitrogen and oxygen atoms in total. The third kappa shape index (κ3) is 2.25. The number of rotatable bonds is 2. The van der Waals surface area contributed by atoms with E-state index < -0.39 is 4.92 Å². The minimum atomic E-state index is -0.481. The molecule has 0 heterocycles. The standard InChI is InChI=1S/C7H6BrN3O2/c8-10-7(9)5-2-1-3-6(4-5)11(12)13/h1-4H,(H2,9,10). The van der Waals surface area contributed by atoms with Crippen molar-refractivity contribution < 1.29 is 4.92 Å². The quantitative estimate of drug-likeness (QED) is 0.371. The molecule has 0 aliphatic heterocycles. The second-order valence-electron chi connectivity index (χ2n) is 2.28. The Morgan fingerprint density at radius 2 is 2.31 bits per heavy atom. The van der Waals surface area contributed by atoms with Gasteiger partial charge in [-0.05, 0) is 0 Å². The van der Waals surface area contributed by atoms with E-state index in [2.05, 4.69) is 20.2 Å². The smallest absolute Gasteiger partial charge is 0.270 e. The van der Waals surface area contributed by atoms with Crippen LogP contribution in [-0.4, -0.2) is 10.8 Å². The second kappa shape index (κ2) is 3.99. The molecule has 0 saturated heterocycles. The zero-order chi connectivity index (χ0) is 9.84. The topological polar surface area (TPSA) is 81.5 Å². The van der Waals surface area contributed by atoms with Gasteiger partial charge in [0.05, 0.1) is 21.1 Å². The summed E-state index contributed by atoms with van der Waals surface area (Å²) in [7, 11) is 0. The first-order valence-electron chi connectivity index (χ1n) is 3.34. The number of nitrogens with two attached hydrogens (primary N) is 1. The lowest BCUT2D eigenvalue weighted by atomic mass is 10.2. The Morgan fingerprint density at radius 3 is 2.85 bits per heavy atom. The van der Waals surface area contributed by atoms with Crippen LogP contribution in [0.3, 0.4) is 0 Å². The van der Waals surface area contributed by atoms with Crippen molar-refractivity contribution in [1.82, 2.24) is 0 Å². The van der Waals surface area contributed by atoms with Crippen molar-refractivity contribution in [2.45, 2.75) is 0 Å². The summed E-state index contributed by atoms with van der Waals surface area (Å²) >= 11 is 2.81. The number of nitrogens with zero attached hydrogens (tertiary/aromatic N) is 2.